The smallest absolute Gasteiger partial charge is 0.292 e. The largest absolute Gasteiger partial charge is 0.485 e. The predicted molar refractivity (Wildman–Crippen MR) is 137 cm³/mol. The van der Waals surface area contributed by atoms with Gasteiger partial charge in [-0.3, -0.25) is 9.48 Å². The van der Waals surface area contributed by atoms with Crippen molar-refractivity contribution in [3.8, 4) is 5.75 Å². The van der Waals surface area contributed by atoms with Gasteiger partial charge in [-0.1, -0.05) is 43.6 Å². The zero-order valence-electron chi connectivity index (χ0n) is 19.4. The molecular weight excluding hydrogens is 537 g/mol. The predicted octanol–water partition coefficient (Wildman–Crippen LogP) is 7.34. The minimum Gasteiger partial charge on any atom is -0.485 e. The molecule has 35 heavy (non-hydrogen) atoms. The number of rotatable bonds is 8. The fraction of sp³-hybridized carbons (Fsp3) is 0.231. The molecule has 0 unspecified atom stereocenters. The summed E-state index contributed by atoms with van der Waals surface area (Å²) < 4.78 is 27.8. The highest BCUT2D eigenvalue weighted by molar-refractivity contribution is 9.10. The summed E-state index contributed by atoms with van der Waals surface area (Å²) in [6.45, 7) is 6.53. The molecule has 0 saturated carbocycles. The second-order valence-corrected chi connectivity index (χ2v) is 9.69. The van der Waals surface area contributed by atoms with Gasteiger partial charge in [0.25, 0.3) is 5.91 Å². The van der Waals surface area contributed by atoms with Gasteiger partial charge in [-0.25, -0.2) is 4.39 Å². The molecule has 6 nitrogen and oxygen atoms in total. The number of furan rings is 1. The van der Waals surface area contributed by atoms with Gasteiger partial charge in [-0.2, -0.15) is 5.10 Å². The van der Waals surface area contributed by atoms with E-state index in [0.29, 0.717) is 26.7 Å². The Balaban J connectivity index is 1.41. The van der Waals surface area contributed by atoms with E-state index in [4.69, 9.17) is 20.8 Å². The van der Waals surface area contributed by atoms with Gasteiger partial charge >= 0.3 is 0 Å². The van der Waals surface area contributed by atoms with Gasteiger partial charge in [0.2, 0.25) is 0 Å². The van der Waals surface area contributed by atoms with E-state index in [-0.39, 0.29) is 24.7 Å². The lowest BCUT2D eigenvalue weighted by Crippen LogP contribution is -2.12. The minimum atomic E-state index is -0.468. The molecule has 0 bridgehead atoms. The molecule has 4 aromatic rings. The number of carbonyl (C=O) groups excluding carboxylic acids is 1. The van der Waals surface area contributed by atoms with Gasteiger partial charge in [0.05, 0.1) is 11.0 Å². The van der Waals surface area contributed by atoms with Crippen molar-refractivity contribution in [1.29, 1.82) is 0 Å². The molecule has 9 heteroatoms. The zero-order chi connectivity index (χ0) is 25.1. The quantitative estimate of drug-likeness (QED) is 0.245. The van der Waals surface area contributed by atoms with Crippen LogP contribution in [0, 0.1) is 12.7 Å². The maximum absolute atomic E-state index is 14.1. The Morgan fingerprint density at radius 3 is 2.80 bits per heavy atom. The van der Waals surface area contributed by atoms with Crippen LogP contribution in [0.4, 0.5) is 10.2 Å². The summed E-state index contributed by atoms with van der Waals surface area (Å²) in [6, 6.07) is 13.9. The van der Waals surface area contributed by atoms with E-state index >= 15 is 0 Å². The van der Waals surface area contributed by atoms with Crippen LogP contribution in [0.25, 0.3) is 0 Å². The number of carbonyl (C=O) groups is 1. The van der Waals surface area contributed by atoms with Crippen LogP contribution in [0.3, 0.4) is 0 Å². The van der Waals surface area contributed by atoms with Crippen LogP contribution in [0.15, 0.2) is 63.6 Å². The second kappa shape index (κ2) is 10.7. The third kappa shape index (κ3) is 5.94. The van der Waals surface area contributed by atoms with E-state index in [0.717, 1.165) is 16.9 Å². The van der Waals surface area contributed by atoms with Crippen molar-refractivity contribution in [3.63, 3.8) is 0 Å². The lowest BCUT2D eigenvalue weighted by molar-refractivity contribution is 0.0992. The molecule has 0 aliphatic heterocycles. The average molecular weight is 561 g/mol. The molecule has 0 atom stereocenters. The van der Waals surface area contributed by atoms with Crippen LogP contribution in [-0.4, -0.2) is 15.7 Å². The van der Waals surface area contributed by atoms with Gasteiger partial charge in [0, 0.05) is 16.8 Å². The fourth-order valence-electron chi connectivity index (χ4n) is 3.55. The summed E-state index contributed by atoms with van der Waals surface area (Å²) in [7, 11) is 0. The van der Waals surface area contributed by atoms with Crippen molar-refractivity contribution >= 4 is 39.3 Å². The Morgan fingerprint density at radius 2 is 2.06 bits per heavy atom. The molecular formula is C26H24BrClFN3O3. The van der Waals surface area contributed by atoms with Crippen molar-refractivity contribution in [3.05, 3.63) is 98.3 Å². The zero-order valence-corrected chi connectivity index (χ0v) is 21.8. The first kappa shape index (κ1) is 25.0. The van der Waals surface area contributed by atoms with Crippen LogP contribution in [0.1, 0.15) is 52.8 Å². The number of halogens is 3. The number of hydrogen-bond donors (Lipinski definition) is 1. The molecule has 1 N–H and O–H groups in total. The summed E-state index contributed by atoms with van der Waals surface area (Å²) >= 11 is 9.48. The molecule has 0 fully saturated rings. The maximum Gasteiger partial charge on any atom is 0.292 e. The van der Waals surface area contributed by atoms with Crippen LogP contribution in [0.5, 0.6) is 5.75 Å². The first-order valence-electron chi connectivity index (χ1n) is 11.0. The van der Waals surface area contributed by atoms with Gasteiger partial charge in [0.1, 0.15) is 23.9 Å². The van der Waals surface area contributed by atoms with Gasteiger partial charge in [0.15, 0.2) is 11.6 Å². The molecule has 2 aromatic carbocycles. The van der Waals surface area contributed by atoms with Crippen molar-refractivity contribution in [2.75, 3.05) is 5.32 Å². The Kier molecular flexibility index (Phi) is 7.62. The van der Waals surface area contributed by atoms with E-state index in [1.54, 1.807) is 30.5 Å². The molecule has 1 amide bonds. The van der Waals surface area contributed by atoms with Crippen molar-refractivity contribution in [2.24, 2.45) is 0 Å². The number of anilines is 1. The standard InChI is InChI=1S/C26H24BrClFN3O3/c1-15(2)18-9-7-16(3)11-24(18)34-14-17-8-10-23(35-17)26(33)30-25-20(27)13-32(31-25)12-19-21(28)5-4-6-22(19)29/h4-11,13,15H,12,14H2,1-3H3,(H,30,31,33). The lowest BCUT2D eigenvalue weighted by atomic mass is 10.0. The van der Waals surface area contributed by atoms with Crippen molar-refractivity contribution < 1.29 is 18.3 Å². The van der Waals surface area contributed by atoms with Crippen LogP contribution >= 0.6 is 27.5 Å². The highest BCUT2D eigenvalue weighted by Gasteiger charge is 2.17. The number of amides is 1. The van der Waals surface area contributed by atoms with E-state index in [2.05, 4.69) is 52.3 Å². The third-order valence-electron chi connectivity index (χ3n) is 5.38. The van der Waals surface area contributed by atoms with Gasteiger partial charge in [-0.15, -0.1) is 0 Å². The van der Waals surface area contributed by atoms with E-state index in [1.165, 1.54) is 10.7 Å². The Bertz CT molecular complexity index is 1350. The monoisotopic (exact) mass is 559 g/mol. The van der Waals surface area contributed by atoms with E-state index in [1.807, 2.05) is 13.0 Å². The van der Waals surface area contributed by atoms with Crippen LogP contribution in [-0.2, 0) is 13.2 Å². The molecule has 2 aromatic heterocycles. The number of nitrogens with one attached hydrogen (secondary N) is 1. The minimum absolute atomic E-state index is 0.111. The average Bonchev–Trinajstić information content (AvgIpc) is 3.41. The molecule has 2 heterocycles. The number of benzene rings is 2. The highest BCUT2D eigenvalue weighted by Crippen LogP contribution is 2.29. The fourth-order valence-corrected chi connectivity index (χ4v) is 4.18. The molecule has 0 saturated heterocycles. The Labute approximate surface area is 216 Å². The van der Waals surface area contributed by atoms with Crippen LogP contribution < -0.4 is 10.1 Å². The topological polar surface area (TPSA) is 69.3 Å². The molecule has 0 spiro atoms. The number of ether oxygens (including phenoxy) is 1. The number of aryl methyl sites for hydroxylation is 1. The molecule has 182 valence electrons. The summed E-state index contributed by atoms with van der Waals surface area (Å²) in [4.78, 5) is 12.7. The second-order valence-electron chi connectivity index (χ2n) is 8.43. The SMILES string of the molecule is Cc1ccc(C(C)C)c(OCc2ccc(C(=O)Nc3nn(Cc4c(F)cccc4Cl)cc3Br)o2)c1. The number of aromatic nitrogens is 2. The Morgan fingerprint density at radius 1 is 1.26 bits per heavy atom. The lowest BCUT2D eigenvalue weighted by Gasteiger charge is -2.14. The van der Waals surface area contributed by atoms with Gasteiger partial charge in [-0.05, 0) is 70.2 Å². The summed E-state index contributed by atoms with van der Waals surface area (Å²) in [5.41, 5.74) is 2.52. The van der Waals surface area contributed by atoms with Crippen molar-refractivity contribution in [1.82, 2.24) is 9.78 Å². The normalized spacial score (nSPS) is 11.2. The summed E-state index contributed by atoms with van der Waals surface area (Å²) in [5, 5.41) is 7.32. The molecule has 0 aliphatic rings. The van der Waals surface area contributed by atoms with Gasteiger partial charge < -0.3 is 14.5 Å². The number of nitrogens with zero attached hydrogens (tertiary/aromatic N) is 2. The highest BCUT2D eigenvalue weighted by atomic mass is 79.9. The maximum atomic E-state index is 14.1. The molecule has 0 radical (unpaired) electrons. The van der Waals surface area contributed by atoms with Crippen LogP contribution in [0.2, 0.25) is 5.02 Å². The third-order valence-corrected chi connectivity index (χ3v) is 6.31. The van der Waals surface area contributed by atoms with E-state index < -0.39 is 11.7 Å². The van der Waals surface area contributed by atoms with E-state index in [9.17, 15) is 9.18 Å². The summed E-state index contributed by atoms with van der Waals surface area (Å²) in [6.07, 6.45) is 1.63. The molecule has 4 rings (SSSR count). The van der Waals surface area contributed by atoms with Crippen molar-refractivity contribution in [2.45, 2.75) is 39.8 Å². The Hall–Kier alpha value is -3.10. The summed E-state index contributed by atoms with van der Waals surface area (Å²) in [5.74, 6) is 1.14. The first-order valence-corrected chi connectivity index (χ1v) is 12.2. The molecule has 0 aliphatic carbocycles. The first-order chi connectivity index (χ1) is 16.7. The number of hydrogen-bond acceptors (Lipinski definition) is 4.